The van der Waals surface area contributed by atoms with Gasteiger partial charge in [0.05, 0.1) is 12.2 Å². The fourth-order valence-electron chi connectivity index (χ4n) is 3.21. The summed E-state index contributed by atoms with van der Waals surface area (Å²) < 4.78 is 5.46. The van der Waals surface area contributed by atoms with E-state index in [0.717, 1.165) is 37.7 Å². The highest BCUT2D eigenvalue weighted by atomic mass is 16.5. The number of phenols is 1. The van der Waals surface area contributed by atoms with Gasteiger partial charge in [0.1, 0.15) is 5.75 Å². The van der Waals surface area contributed by atoms with E-state index in [1.807, 2.05) is 0 Å². The van der Waals surface area contributed by atoms with Crippen molar-refractivity contribution in [3.05, 3.63) is 29.3 Å². The summed E-state index contributed by atoms with van der Waals surface area (Å²) in [5.41, 5.74) is 1.51. The molecule has 1 aromatic rings. The zero-order valence-corrected chi connectivity index (χ0v) is 16.9. The lowest BCUT2D eigenvalue weighted by Crippen LogP contribution is -2.09. The van der Waals surface area contributed by atoms with E-state index in [1.54, 1.807) is 18.2 Å². The van der Waals surface area contributed by atoms with Crippen LogP contribution in [0.3, 0.4) is 0 Å². The van der Waals surface area contributed by atoms with Crippen LogP contribution in [0.4, 0.5) is 0 Å². The average Bonchev–Trinajstić information content (AvgIpc) is 2.64. The number of hydrogen-bond donors (Lipinski definition) is 1. The van der Waals surface area contributed by atoms with Crippen molar-refractivity contribution in [3.63, 3.8) is 0 Å². The summed E-state index contributed by atoms with van der Waals surface area (Å²) in [5.74, 6) is -0.0337. The topological polar surface area (TPSA) is 46.5 Å². The Bertz CT molecular complexity index is 496. The number of aryl methyl sites for hydroxylation is 1. The molecule has 0 amide bonds. The van der Waals surface area contributed by atoms with Gasteiger partial charge in [0.25, 0.3) is 0 Å². The lowest BCUT2D eigenvalue weighted by molar-refractivity contribution is 0.0496. The molecule has 0 aliphatic rings. The van der Waals surface area contributed by atoms with Crippen molar-refractivity contribution in [2.24, 2.45) is 0 Å². The zero-order chi connectivity index (χ0) is 19.0. The van der Waals surface area contributed by atoms with E-state index in [9.17, 15) is 9.90 Å². The van der Waals surface area contributed by atoms with E-state index in [-0.39, 0.29) is 11.7 Å². The molecule has 0 saturated carbocycles. The maximum absolute atomic E-state index is 12.4. The van der Waals surface area contributed by atoms with Gasteiger partial charge in [-0.2, -0.15) is 0 Å². The maximum Gasteiger partial charge on any atom is 0.338 e. The standard InChI is InChI=1S/C23H38O3/c1-3-5-7-9-10-11-12-14-18-26-23(25)22-17-16-21(24)19-20(22)15-13-8-6-4-2/h16-17,19,24H,3-15,18H2,1-2H3. The van der Waals surface area contributed by atoms with Crippen molar-refractivity contribution >= 4 is 5.97 Å². The number of rotatable bonds is 15. The van der Waals surface area contributed by atoms with E-state index in [1.165, 1.54) is 51.4 Å². The van der Waals surface area contributed by atoms with Gasteiger partial charge in [-0.25, -0.2) is 4.79 Å². The maximum atomic E-state index is 12.4. The van der Waals surface area contributed by atoms with Crippen molar-refractivity contribution in [2.45, 2.75) is 97.3 Å². The fourth-order valence-corrected chi connectivity index (χ4v) is 3.21. The highest BCUT2D eigenvalue weighted by Gasteiger charge is 2.13. The average molecular weight is 363 g/mol. The molecule has 1 aromatic carbocycles. The number of phenolic OH excluding ortho intramolecular Hbond substituents is 1. The lowest BCUT2D eigenvalue weighted by Gasteiger charge is -2.10. The van der Waals surface area contributed by atoms with Gasteiger partial charge >= 0.3 is 5.97 Å². The van der Waals surface area contributed by atoms with Crippen molar-refractivity contribution in [1.29, 1.82) is 0 Å². The van der Waals surface area contributed by atoms with Crippen molar-refractivity contribution in [1.82, 2.24) is 0 Å². The van der Waals surface area contributed by atoms with Crippen molar-refractivity contribution in [2.75, 3.05) is 6.61 Å². The summed E-state index contributed by atoms with van der Waals surface area (Å²) in [7, 11) is 0. The first-order valence-electron chi connectivity index (χ1n) is 10.7. The van der Waals surface area contributed by atoms with Crippen molar-refractivity contribution in [3.8, 4) is 5.75 Å². The second-order valence-corrected chi connectivity index (χ2v) is 7.26. The Labute approximate surface area is 160 Å². The van der Waals surface area contributed by atoms with Gasteiger partial charge in [-0.15, -0.1) is 0 Å². The molecule has 0 saturated heterocycles. The summed E-state index contributed by atoms with van der Waals surface area (Å²) in [6.45, 7) is 4.91. The van der Waals surface area contributed by atoms with Crippen LogP contribution in [-0.2, 0) is 11.2 Å². The van der Waals surface area contributed by atoms with Gasteiger partial charge < -0.3 is 9.84 Å². The molecular weight excluding hydrogens is 324 g/mol. The van der Waals surface area contributed by atoms with Crippen LogP contribution in [0.5, 0.6) is 5.75 Å². The van der Waals surface area contributed by atoms with Crippen LogP contribution in [0.2, 0.25) is 0 Å². The molecule has 3 nitrogen and oxygen atoms in total. The summed E-state index contributed by atoms with van der Waals surface area (Å²) in [6, 6.07) is 4.97. The molecule has 1 rings (SSSR count). The molecule has 0 fully saturated rings. The Hall–Kier alpha value is -1.51. The number of esters is 1. The number of hydrogen-bond acceptors (Lipinski definition) is 3. The molecule has 0 aliphatic heterocycles. The number of unbranched alkanes of at least 4 members (excludes halogenated alkanes) is 10. The third-order valence-corrected chi connectivity index (χ3v) is 4.84. The van der Waals surface area contributed by atoms with Gasteiger partial charge in [-0.1, -0.05) is 78.1 Å². The van der Waals surface area contributed by atoms with Gasteiger partial charge in [-0.05, 0) is 43.0 Å². The molecule has 0 radical (unpaired) electrons. The van der Waals surface area contributed by atoms with Crippen LogP contribution in [0.25, 0.3) is 0 Å². The third kappa shape index (κ3) is 9.84. The highest BCUT2D eigenvalue weighted by Crippen LogP contribution is 2.20. The highest BCUT2D eigenvalue weighted by molar-refractivity contribution is 5.91. The monoisotopic (exact) mass is 362 g/mol. The van der Waals surface area contributed by atoms with E-state index in [0.29, 0.717) is 12.2 Å². The Morgan fingerprint density at radius 3 is 2.08 bits per heavy atom. The quantitative estimate of drug-likeness (QED) is 0.275. The summed E-state index contributed by atoms with van der Waals surface area (Å²) in [4.78, 5) is 12.4. The van der Waals surface area contributed by atoms with E-state index >= 15 is 0 Å². The van der Waals surface area contributed by atoms with Crippen LogP contribution in [0.15, 0.2) is 18.2 Å². The molecule has 0 atom stereocenters. The summed E-state index contributed by atoms with van der Waals surface area (Å²) >= 11 is 0. The molecular formula is C23H38O3. The summed E-state index contributed by atoms with van der Waals surface area (Å²) in [5, 5.41) is 9.72. The normalized spacial score (nSPS) is 10.8. The lowest BCUT2D eigenvalue weighted by atomic mass is 10.0. The number of carbonyl (C=O) groups is 1. The Kier molecular flexibility index (Phi) is 12.7. The summed E-state index contributed by atoms with van der Waals surface area (Å²) in [6.07, 6.45) is 15.3. The second-order valence-electron chi connectivity index (χ2n) is 7.26. The zero-order valence-electron chi connectivity index (χ0n) is 16.9. The van der Waals surface area contributed by atoms with Crippen LogP contribution >= 0.6 is 0 Å². The predicted molar refractivity (Wildman–Crippen MR) is 109 cm³/mol. The molecule has 0 aliphatic carbocycles. The van der Waals surface area contributed by atoms with Gasteiger partial charge in [0.15, 0.2) is 0 Å². The van der Waals surface area contributed by atoms with E-state index < -0.39 is 0 Å². The Morgan fingerprint density at radius 1 is 0.846 bits per heavy atom. The minimum atomic E-state index is -0.251. The second kappa shape index (κ2) is 14.6. The minimum absolute atomic E-state index is 0.218. The largest absolute Gasteiger partial charge is 0.508 e. The van der Waals surface area contributed by atoms with Crippen molar-refractivity contribution < 1.29 is 14.6 Å². The number of ether oxygens (including phenoxy) is 1. The third-order valence-electron chi connectivity index (χ3n) is 4.84. The van der Waals surface area contributed by atoms with Crippen LogP contribution in [-0.4, -0.2) is 17.7 Å². The Morgan fingerprint density at radius 2 is 1.42 bits per heavy atom. The molecule has 26 heavy (non-hydrogen) atoms. The van der Waals surface area contributed by atoms with Gasteiger partial charge in [-0.3, -0.25) is 0 Å². The molecule has 0 heterocycles. The van der Waals surface area contributed by atoms with Crippen LogP contribution < -0.4 is 0 Å². The molecule has 0 aromatic heterocycles. The molecule has 0 unspecified atom stereocenters. The number of benzene rings is 1. The fraction of sp³-hybridized carbons (Fsp3) is 0.696. The first-order chi connectivity index (χ1) is 12.7. The first kappa shape index (κ1) is 22.5. The van der Waals surface area contributed by atoms with Crippen LogP contribution in [0, 0.1) is 0 Å². The number of aromatic hydroxyl groups is 1. The smallest absolute Gasteiger partial charge is 0.338 e. The molecule has 0 bridgehead atoms. The molecule has 1 N–H and O–H groups in total. The van der Waals surface area contributed by atoms with Gasteiger partial charge in [0.2, 0.25) is 0 Å². The first-order valence-corrected chi connectivity index (χ1v) is 10.7. The molecule has 148 valence electrons. The number of carbonyl (C=O) groups excluding carboxylic acids is 1. The van der Waals surface area contributed by atoms with Gasteiger partial charge in [0, 0.05) is 0 Å². The minimum Gasteiger partial charge on any atom is -0.508 e. The SMILES string of the molecule is CCCCCCCCCCOC(=O)c1ccc(O)cc1CCCCCC. The van der Waals surface area contributed by atoms with Crippen LogP contribution in [0.1, 0.15) is 107 Å². The van der Waals surface area contributed by atoms with E-state index in [4.69, 9.17) is 4.74 Å². The Balaban J connectivity index is 2.30. The predicted octanol–water partition coefficient (Wildman–Crippen LogP) is 6.81. The molecule has 0 spiro atoms. The molecule has 3 heteroatoms. The van der Waals surface area contributed by atoms with E-state index in [2.05, 4.69) is 13.8 Å².